The van der Waals surface area contributed by atoms with E-state index in [1.54, 1.807) is 9.80 Å². The summed E-state index contributed by atoms with van der Waals surface area (Å²) in [6, 6.07) is 2.26. The maximum absolute atomic E-state index is 13.0. The van der Waals surface area contributed by atoms with Crippen LogP contribution in [-0.2, 0) is 9.59 Å². The van der Waals surface area contributed by atoms with Crippen LogP contribution in [0.4, 0.5) is 0 Å². The van der Waals surface area contributed by atoms with Crippen LogP contribution >= 0.6 is 0 Å². The van der Waals surface area contributed by atoms with Crippen molar-refractivity contribution in [2.24, 2.45) is 5.10 Å². The van der Waals surface area contributed by atoms with Crippen molar-refractivity contribution in [3.05, 3.63) is 23.0 Å². The fraction of sp³-hybridized carbons (Fsp3) is 0.579. The molecule has 27 heavy (non-hydrogen) atoms. The highest BCUT2D eigenvalue weighted by atomic mass is 16.2. The predicted molar refractivity (Wildman–Crippen MR) is 102 cm³/mol. The summed E-state index contributed by atoms with van der Waals surface area (Å²) in [5.74, 6) is -0.301. The number of piperazine rings is 1. The Labute approximate surface area is 159 Å². The van der Waals surface area contributed by atoms with E-state index in [0.29, 0.717) is 44.4 Å². The van der Waals surface area contributed by atoms with Gasteiger partial charge in [0.25, 0.3) is 11.8 Å². The molecule has 2 aliphatic heterocycles. The second-order valence-corrected chi connectivity index (χ2v) is 7.43. The van der Waals surface area contributed by atoms with Crippen molar-refractivity contribution in [3.63, 3.8) is 0 Å². The molecule has 0 aliphatic carbocycles. The molecule has 0 radical (unpaired) electrons. The van der Waals surface area contributed by atoms with E-state index in [0.717, 1.165) is 17.0 Å². The lowest BCUT2D eigenvalue weighted by atomic mass is 10.1. The second-order valence-electron chi connectivity index (χ2n) is 7.43. The molecule has 8 nitrogen and oxygen atoms in total. The topological polar surface area (TPSA) is 87.0 Å². The molecule has 1 saturated heterocycles. The Hall–Kier alpha value is -2.64. The minimum Gasteiger partial charge on any atom is -0.346 e. The van der Waals surface area contributed by atoms with Gasteiger partial charge in [-0.3, -0.25) is 14.4 Å². The largest absolute Gasteiger partial charge is 0.346 e. The number of aromatic nitrogens is 1. The van der Waals surface area contributed by atoms with Crippen LogP contribution in [0, 0.1) is 13.8 Å². The Morgan fingerprint density at radius 2 is 1.63 bits per heavy atom. The summed E-state index contributed by atoms with van der Waals surface area (Å²) in [5, 5.41) is 3.87. The normalized spacial score (nSPS) is 17.8. The number of hydrazone groups is 1. The predicted octanol–water partition coefficient (Wildman–Crippen LogP) is 1.24. The lowest BCUT2D eigenvalue weighted by Gasteiger charge is -2.35. The van der Waals surface area contributed by atoms with Gasteiger partial charge in [-0.05, 0) is 33.8 Å². The highest BCUT2D eigenvalue weighted by Gasteiger charge is 2.30. The van der Waals surface area contributed by atoms with Gasteiger partial charge < -0.3 is 14.4 Å². The highest BCUT2D eigenvalue weighted by Crippen LogP contribution is 2.22. The minimum absolute atomic E-state index is 0.0179. The van der Waals surface area contributed by atoms with Crippen LogP contribution in [0.15, 0.2) is 11.2 Å². The van der Waals surface area contributed by atoms with E-state index in [1.165, 1.54) is 0 Å². The molecule has 0 atom stereocenters. The summed E-state index contributed by atoms with van der Waals surface area (Å²) >= 11 is 0. The van der Waals surface area contributed by atoms with E-state index < -0.39 is 0 Å². The van der Waals surface area contributed by atoms with Crippen LogP contribution in [-0.4, -0.2) is 64.0 Å². The molecular formula is C19H27N5O3. The third-order valence-electron chi connectivity index (χ3n) is 5.24. The number of hydrogen-bond acceptors (Lipinski definition) is 4. The van der Waals surface area contributed by atoms with Crippen molar-refractivity contribution in [1.82, 2.24) is 19.8 Å². The number of aryl methyl sites for hydroxylation is 1. The Morgan fingerprint density at radius 3 is 2.11 bits per heavy atom. The molecule has 2 aliphatic rings. The standard InChI is InChI=1S/C19H27N5O3/c1-12(2)24-13(3)11-15(14(24)4)18(26)22-7-9-23(10-8-22)19(27)16-5-6-17(25)21-20-16/h11-12H,5-10H2,1-4H3,(H,21,25). The van der Waals surface area contributed by atoms with Gasteiger partial charge in [0.1, 0.15) is 5.71 Å². The van der Waals surface area contributed by atoms with Crippen LogP contribution in [0.25, 0.3) is 0 Å². The fourth-order valence-corrected chi connectivity index (χ4v) is 3.88. The molecule has 0 spiro atoms. The zero-order chi connectivity index (χ0) is 19.7. The van der Waals surface area contributed by atoms with Gasteiger partial charge >= 0.3 is 0 Å². The van der Waals surface area contributed by atoms with Gasteiger partial charge in [0.2, 0.25) is 5.91 Å². The zero-order valence-electron chi connectivity index (χ0n) is 16.4. The summed E-state index contributed by atoms with van der Waals surface area (Å²) < 4.78 is 2.17. The first-order chi connectivity index (χ1) is 12.8. The van der Waals surface area contributed by atoms with E-state index in [4.69, 9.17) is 0 Å². The first kappa shape index (κ1) is 19.1. The zero-order valence-corrected chi connectivity index (χ0v) is 16.4. The van der Waals surface area contributed by atoms with E-state index in [9.17, 15) is 14.4 Å². The number of amides is 3. The van der Waals surface area contributed by atoms with Crippen molar-refractivity contribution < 1.29 is 14.4 Å². The van der Waals surface area contributed by atoms with E-state index in [2.05, 4.69) is 28.9 Å². The lowest BCUT2D eigenvalue weighted by molar-refractivity contribution is -0.126. The molecule has 8 heteroatoms. The van der Waals surface area contributed by atoms with Crippen molar-refractivity contribution in [2.75, 3.05) is 26.2 Å². The molecule has 1 aromatic rings. The molecule has 1 N–H and O–H groups in total. The Bertz CT molecular complexity index is 801. The monoisotopic (exact) mass is 373 g/mol. The quantitative estimate of drug-likeness (QED) is 0.865. The van der Waals surface area contributed by atoms with Gasteiger partial charge in [0.15, 0.2) is 0 Å². The molecular weight excluding hydrogens is 346 g/mol. The van der Waals surface area contributed by atoms with Crippen molar-refractivity contribution >= 4 is 23.4 Å². The summed E-state index contributed by atoms with van der Waals surface area (Å²) in [6.45, 7) is 10.1. The van der Waals surface area contributed by atoms with Gasteiger partial charge in [-0.15, -0.1) is 0 Å². The average molecular weight is 373 g/mol. The van der Waals surface area contributed by atoms with E-state index >= 15 is 0 Å². The van der Waals surface area contributed by atoms with Gasteiger partial charge in [0, 0.05) is 56.5 Å². The number of carbonyl (C=O) groups is 3. The molecule has 3 amide bonds. The van der Waals surface area contributed by atoms with Crippen LogP contribution in [0.5, 0.6) is 0 Å². The summed E-state index contributed by atoms with van der Waals surface area (Å²) in [7, 11) is 0. The smallest absolute Gasteiger partial charge is 0.270 e. The summed E-state index contributed by atoms with van der Waals surface area (Å²) in [6.07, 6.45) is 0.652. The van der Waals surface area contributed by atoms with Crippen molar-refractivity contribution in [1.29, 1.82) is 0 Å². The van der Waals surface area contributed by atoms with E-state index in [-0.39, 0.29) is 24.1 Å². The van der Waals surface area contributed by atoms with Gasteiger partial charge in [-0.2, -0.15) is 5.10 Å². The molecule has 1 fully saturated rings. The third kappa shape index (κ3) is 3.74. The first-order valence-electron chi connectivity index (χ1n) is 9.42. The van der Waals surface area contributed by atoms with Crippen molar-refractivity contribution in [3.8, 4) is 0 Å². The van der Waals surface area contributed by atoms with Gasteiger partial charge in [-0.25, -0.2) is 5.43 Å². The molecule has 146 valence electrons. The van der Waals surface area contributed by atoms with E-state index in [1.807, 2.05) is 19.9 Å². The van der Waals surface area contributed by atoms with Crippen LogP contribution in [0.1, 0.15) is 54.5 Å². The molecule has 3 heterocycles. The lowest BCUT2D eigenvalue weighted by Crippen LogP contribution is -2.52. The molecule has 0 bridgehead atoms. The SMILES string of the molecule is Cc1cc(C(=O)N2CCN(C(=O)C3=NNC(=O)CC3)CC2)c(C)n1C(C)C. The molecule has 1 aromatic heterocycles. The van der Waals surface area contributed by atoms with Crippen LogP contribution in [0.2, 0.25) is 0 Å². The maximum Gasteiger partial charge on any atom is 0.270 e. The Kier molecular flexibility index (Phi) is 5.34. The maximum atomic E-state index is 13.0. The number of nitrogens with one attached hydrogen (secondary N) is 1. The Balaban J connectivity index is 1.64. The average Bonchev–Trinajstić information content (AvgIpc) is 2.95. The van der Waals surface area contributed by atoms with Gasteiger partial charge in [0.05, 0.1) is 5.56 Å². The Morgan fingerprint density at radius 1 is 1.04 bits per heavy atom. The molecule has 0 aromatic carbocycles. The highest BCUT2D eigenvalue weighted by molar-refractivity contribution is 6.39. The van der Waals surface area contributed by atoms with Crippen LogP contribution < -0.4 is 5.43 Å². The number of nitrogens with zero attached hydrogens (tertiary/aromatic N) is 4. The fourth-order valence-electron chi connectivity index (χ4n) is 3.88. The first-order valence-corrected chi connectivity index (χ1v) is 9.42. The molecule has 0 saturated carbocycles. The number of hydrogen-bond donors (Lipinski definition) is 1. The third-order valence-corrected chi connectivity index (χ3v) is 5.24. The summed E-state index contributed by atoms with van der Waals surface area (Å²) in [4.78, 5) is 40.2. The van der Waals surface area contributed by atoms with Gasteiger partial charge in [-0.1, -0.05) is 0 Å². The van der Waals surface area contributed by atoms with Crippen molar-refractivity contribution in [2.45, 2.75) is 46.6 Å². The second kappa shape index (κ2) is 7.54. The minimum atomic E-state index is -0.166. The number of rotatable bonds is 3. The molecule has 3 rings (SSSR count). The molecule has 0 unspecified atom stereocenters. The number of carbonyl (C=O) groups excluding carboxylic acids is 3. The van der Waals surface area contributed by atoms with Crippen LogP contribution in [0.3, 0.4) is 0 Å². The summed E-state index contributed by atoms with van der Waals surface area (Å²) in [5.41, 5.74) is 5.54.